The van der Waals surface area contributed by atoms with Crippen LogP contribution in [0.4, 0.5) is 0 Å². The lowest BCUT2D eigenvalue weighted by Gasteiger charge is -2.22. The molecule has 0 saturated carbocycles. The Hall–Kier alpha value is -2.02. The normalized spacial score (nSPS) is 12.4. The van der Waals surface area contributed by atoms with Gasteiger partial charge in [-0.2, -0.15) is 5.26 Å². The molecule has 0 aliphatic rings. The third-order valence-electron chi connectivity index (χ3n) is 2.59. The van der Waals surface area contributed by atoms with E-state index in [2.05, 4.69) is 11.4 Å². The first-order chi connectivity index (χ1) is 8.87. The van der Waals surface area contributed by atoms with E-state index in [1.807, 2.05) is 45.0 Å². The monoisotopic (exact) mass is 260 g/mol. The third-order valence-corrected chi connectivity index (χ3v) is 2.59. The fraction of sp³-hybridized carbons (Fsp3) is 0.467. The Kier molecular flexibility index (Phi) is 4.94. The molecule has 4 heteroatoms. The van der Waals surface area contributed by atoms with Gasteiger partial charge in [0.15, 0.2) is 0 Å². The lowest BCUT2D eigenvalue weighted by molar-refractivity contribution is -0.124. The molecule has 1 amide bonds. The first-order valence-electron chi connectivity index (χ1n) is 6.21. The van der Waals surface area contributed by atoms with Crippen molar-refractivity contribution >= 4 is 5.91 Å². The fourth-order valence-corrected chi connectivity index (χ4v) is 1.75. The summed E-state index contributed by atoms with van der Waals surface area (Å²) in [6.45, 7) is 5.67. The quantitative estimate of drug-likeness (QED) is 0.903. The smallest absolute Gasteiger partial charge is 0.238 e. The summed E-state index contributed by atoms with van der Waals surface area (Å²) in [4.78, 5) is 12.0. The minimum absolute atomic E-state index is 0.249. The largest absolute Gasteiger partial charge is 0.496 e. The molecule has 1 rings (SSSR count). The molecule has 4 nitrogen and oxygen atoms in total. The van der Waals surface area contributed by atoms with Crippen LogP contribution in [0, 0.1) is 17.2 Å². The molecule has 0 saturated heterocycles. The van der Waals surface area contributed by atoms with Crippen LogP contribution in [0.15, 0.2) is 24.3 Å². The minimum atomic E-state index is -0.712. The van der Waals surface area contributed by atoms with Gasteiger partial charge in [-0.05, 0) is 32.4 Å². The summed E-state index contributed by atoms with van der Waals surface area (Å²) >= 11 is 0. The summed E-state index contributed by atoms with van der Waals surface area (Å²) < 4.78 is 5.23. The molecular formula is C15H20N2O2. The van der Waals surface area contributed by atoms with Crippen molar-refractivity contribution in [3.05, 3.63) is 29.8 Å². The average Bonchev–Trinajstić information content (AvgIpc) is 2.34. The zero-order valence-electron chi connectivity index (χ0n) is 11.9. The highest BCUT2D eigenvalue weighted by Gasteiger charge is 2.23. The summed E-state index contributed by atoms with van der Waals surface area (Å²) in [6.07, 6.45) is 0.350. The summed E-state index contributed by atoms with van der Waals surface area (Å²) in [5.41, 5.74) is 0.521. The van der Waals surface area contributed by atoms with Crippen molar-refractivity contribution in [3.63, 3.8) is 0 Å². The molecule has 1 aromatic carbocycles. The lowest BCUT2D eigenvalue weighted by atomic mass is 9.97. The lowest BCUT2D eigenvalue weighted by Crippen LogP contribution is -2.44. The van der Waals surface area contributed by atoms with E-state index in [0.717, 1.165) is 5.56 Å². The first-order valence-corrected chi connectivity index (χ1v) is 6.21. The van der Waals surface area contributed by atoms with Gasteiger partial charge in [0.05, 0.1) is 13.2 Å². The number of carbonyl (C=O) groups excluding carboxylic acids is 1. The van der Waals surface area contributed by atoms with Gasteiger partial charge in [-0.15, -0.1) is 0 Å². The van der Waals surface area contributed by atoms with Gasteiger partial charge in [0.25, 0.3) is 0 Å². The topological polar surface area (TPSA) is 62.1 Å². The highest BCUT2D eigenvalue weighted by molar-refractivity contribution is 5.82. The van der Waals surface area contributed by atoms with Crippen LogP contribution in [0.25, 0.3) is 0 Å². The Labute approximate surface area is 114 Å². The van der Waals surface area contributed by atoms with Crippen LogP contribution in [0.3, 0.4) is 0 Å². The first kappa shape index (κ1) is 15.0. The number of hydrogen-bond donors (Lipinski definition) is 1. The number of hydrogen-bond acceptors (Lipinski definition) is 3. The second-order valence-electron chi connectivity index (χ2n) is 5.44. The molecule has 1 aromatic rings. The molecule has 0 bridgehead atoms. The van der Waals surface area contributed by atoms with Crippen molar-refractivity contribution in [1.29, 1.82) is 5.26 Å². The van der Waals surface area contributed by atoms with Crippen LogP contribution in [0.5, 0.6) is 5.75 Å². The van der Waals surface area contributed by atoms with E-state index in [9.17, 15) is 4.79 Å². The number of ether oxygens (including phenoxy) is 1. The molecule has 1 N–H and O–H groups in total. The van der Waals surface area contributed by atoms with E-state index in [1.165, 1.54) is 0 Å². The molecule has 0 aromatic heterocycles. The Morgan fingerprint density at radius 3 is 2.58 bits per heavy atom. The molecule has 0 radical (unpaired) electrons. The van der Waals surface area contributed by atoms with Crippen LogP contribution in [0.2, 0.25) is 0 Å². The molecule has 102 valence electrons. The number of methoxy groups -OCH3 is 1. The van der Waals surface area contributed by atoms with Crippen LogP contribution in [-0.4, -0.2) is 18.6 Å². The number of nitriles is 1. The maximum absolute atomic E-state index is 12.0. The summed E-state index contributed by atoms with van der Waals surface area (Å²) in [7, 11) is 1.58. The number of nitrogens with zero attached hydrogens (tertiary/aromatic N) is 1. The Morgan fingerprint density at radius 2 is 2.05 bits per heavy atom. The summed E-state index contributed by atoms with van der Waals surface area (Å²) in [6, 6.07) is 9.48. The van der Waals surface area contributed by atoms with E-state index >= 15 is 0 Å². The van der Waals surface area contributed by atoms with Crippen molar-refractivity contribution in [2.75, 3.05) is 7.11 Å². The van der Waals surface area contributed by atoms with Gasteiger partial charge in [0.2, 0.25) is 5.91 Å². The summed E-state index contributed by atoms with van der Waals surface area (Å²) in [5, 5.41) is 12.0. The molecule has 19 heavy (non-hydrogen) atoms. The molecule has 1 atom stereocenters. The van der Waals surface area contributed by atoms with Gasteiger partial charge in [0.1, 0.15) is 11.7 Å². The van der Waals surface area contributed by atoms with Gasteiger partial charge in [-0.25, -0.2) is 0 Å². The van der Waals surface area contributed by atoms with Crippen LogP contribution in [-0.2, 0) is 11.2 Å². The predicted octanol–water partition coefficient (Wildman–Crippen LogP) is 2.29. The molecule has 0 aliphatic heterocycles. The van der Waals surface area contributed by atoms with Gasteiger partial charge in [-0.1, -0.05) is 18.2 Å². The van der Waals surface area contributed by atoms with Gasteiger partial charge < -0.3 is 10.1 Å². The highest BCUT2D eigenvalue weighted by Crippen LogP contribution is 2.21. The number of amides is 1. The van der Waals surface area contributed by atoms with Crippen molar-refractivity contribution in [2.24, 2.45) is 5.92 Å². The van der Waals surface area contributed by atoms with Crippen molar-refractivity contribution in [2.45, 2.75) is 32.7 Å². The van der Waals surface area contributed by atoms with Crippen molar-refractivity contribution in [3.8, 4) is 11.8 Å². The van der Waals surface area contributed by atoms with Crippen LogP contribution >= 0.6 is 0 Å². The fourth-order valence-electron chi connectivity index (χ4n) is 1.75. The molecular weight excluding hydrogens is 240 g/mol. The highest BCUT2D eigenvalue weighted by atomic mass is 16.5. The average molecular weight is 260 g/mol. The zero-order valence-corrected chi connectivity index (χ0v) is 11.9. The second-order valence-corrected chi connectivity index (χ2v) is 5.44. The number of carbonyl (C=O) groups is 1. The molecule has 0 spiro atoms. The predicted molar refractivity (Wildman–Crippen MR) is 73.7 cm³/mol. The van der Waals surface area contributed by atoms with Gasteiger partial charge >= 0.3 is 0 Å². The number of nitrogens with one attached hydrogen (secondary N) is 1. The van der Waals surface area contributed by atoms with Gasteiger partial charge in [-0.3, -0.25) is 4.79 Å². The zero-order chi connectivity index (χ0) is 14.5. The van der Waals surface area contributed by atoms with Gasteiger partial charge in [0, 0.05) is 12.0 Å². The van der Waals surface area contributed by atoms with Crippen LogP contribution < -0.4 is 10.1 Å². The van der Waals surface area contributed by atoms with E-state index in [4.69, 9.17) is 10.00 Å². The Bertz CT molecular complexity index is 484. The van der Waals surface area contributed by atoms with Crippen molar-refractivity contribution in [1.82, 2.24) is 5.32 Å². The van der Waals surface area contributed by atoms with E-state index in [-0.39, 0.29) is 11.4 Å². The second kappa shape index (κ2) is 6.24. The van der Waals surface area contributed by atoms with Crippen molar-refractivity contribution < 1.29 is 9.53 Å². The maximum atomic E-state index is 12.0. The minimum Gasteiger partial charge on any atom is -0.496 e. The maximum Gasteiger partial charge on any atom is 0.238 e. The molecule has 0 fully saturated rings. The van der Waals surface area contributed by atoms with E-state index in [1.54, 1.807) is 7.11 Å². The standard InChI is InChI=1S/C15H20N2O2/c1-15(2,3)17-14(18)12(10-16)9-11-7-5-6-8-13(11)19-4/h5-8,12H,9H2,1-4H3,(H,17,18). The van der Waals surface area contributed by atoms with Crippen LogP contribution in [0.1, 0.15) is 26.3 Å². The number of rotatable bonds is 4. The Morgan fingerprint density at radius 1 is 1.42 bits per heavy atom. The SMILES string of the molecule is COc1ccccc1CC(C#N)C(=O)NC(C)(C)C. The molecule has 0 heterocycles. The third kappa shape index (κ3) is 4.63. The molecule has 1 unspecified atom stereocenters. The molecule has 0 aliphatic carbocycles. The number of benzene rings is 1. The summed E-state index contributed by atoms with van der Waals surface area (Å²) in [5.74, 6) is -0.261. The van der Waals surface area contributed by atoms with E-state index in [0.29, 0.717) is 12.2 Å². The van der Waals surface area contributed by atoms with E-state index < -0.39 is 5.92 Å². The number of para-hydroxylation sites is 1. The Balaban J connectivity index is 2.83.